The Kier molecular flexibility index (Phi) is 6.21. The Balaban J connectivity index is 2.60. The van der Waals surface area contributed by atoms with Gasteiger partial charge >= 0.3 is 11.8 Å². The molecule has 0 aliphatic carbocycles. The molecule has 0 radical (unpaired) electrons. The summed E-state index contributed by atoms with van der Waals surface area (Å²) in [6, 6.07) is 8.31. The smallest absolute Gasteiger partial charge is 0.313 e. The van der Waals surface area contributed by atoms with Gasteiger partial charge in [0, 0.05) is 12.3 Å². The maximum Gasteiger partial charge on any atom is 0.313 e. The van der Waals surface area contributed by atoms with Gasteiger partial charge in [-0.25, -0.2) is 0 Å². The van der Waals surface area contributed by atoms with E-state index in [9.17, 15) is 14.7 Å². The van der Waals surface area contributed by atoms with Gasteiger partial charge < -0.3 is 15.7 Å². The van der Waals surface area contributed by atoms with Gasteiger partial charge in [-0.2, -0.15) is 17.0 Å². The van der Waals surface area contributed by atoms with Crippen molar-refractivity contribution in [2.24, 2.45) is 0 Å². The second-order valence-electron chi connectivity index (χ2n) is 4.72. The maximum atomic E-state index is 11.7. The highest BCUT2D eigenvalue weighted by Gasteiger charge is 2.23. The number of nitriles is 1. The first-order valence-electron chi connectivity index (χ1n) is 6.19. The maximum absolute atomic E-state index is 11.7. The predicted octanol–water partition coefficient (Wildman–Crippen LogP) is 0.727. The van der Waals surface area contributed by atoms with E-state index in [4.69, 9.17) is 5.26 Å². The van der Waals surface area contributed by atoms with E-state index in [1.807, 2.05) is 12.3 Å². The van der Waals surface area contributed by atoms with Crippen molar-refractivity contribution in [2.75, 3.05) is 23.9 Å². The number of nitrogens with zero attached hydrogens (tertiary/aromatic N) is 1. The first-order chi connectivity index (χ1) is 9.89. The van der Waals surface area contributed by atoms with Crippen LogP contribution < -0.4 is 10.6 Å². The molecule has 0 spiro atoms. The van der Waals surface area contributed by atoms with E-state index in [0.717, 1.165) is 0 Å². The largest absolute Gasteiger partial charge is 0.387 e. The monoisotopic (exact) mass is 307 g/mol. The molecule has 0 fully saturated rings. The zero-order chi connectivity index (χ0) is 15.9. The lowest BCUT2D eigenvalue weighted by Crippen LogP contribution is -2.45. The van der Waals surface area contributed by atoms with E-state index in [-0.39, 0.29) is 17.8 Å². The summed E-state index contributed by atoms with van der Waals surface area (Å²) in [5.74, 6) is -1.30. The van der Waals surface area contributed by atoms with Crippen molar-refractivity contribution in [2.45, 2.75) is 12.5 Å². The molecule has 0 saturated carbocycles. The first-order valence-corrected chi connectivity index (χ1v) is 7.58. The SMILES string of the molecule is CSCC(C)(O)CNC(=O)C(=O)Nc1ccccc1C#N. The Labute approximate surface area is 127 Å². The van der Waals surface area contributed by atoms with Gasteiger partial charge in [0.05, 0.1) is 16.9 Å². The van der Waals surface area contributed by atoms with Crippen LogP contribution in [0.2, 0.25) is 0 Å². The topological polar surface area (TPSA) is 102 Å². The Hall–Kier alpha value is -2.04. The number of anilines is 1. The molecular weight excluding hydrogens is 290 g/mol. The number of thioether (sulfide) groups is 1. The van der Waals surface area contributed by atoms with E-state index >= 15 is 0 Å². The van der Waals surface area contributed by atoms with Crippen LogP contribution >= 0.6 is 11.8 Å². The van der Waals surface area contributed by atoms with Crippen LogP contribution in [0.4, 0.5) is 5.69 Å². The molecule has 1 aromatic rings. The number of hydrogen-bond donors (Lipinski definition) is 3. The summed E-state index contributed by atoms with van der Waals surface area (Å²) in [7, 11) is 0. The number of rotatable bonds is 5. The zero-order valence-electron chi connectivity index (χ0n) is 11.8. The highest BCUT2D eigenvalue weighted by atomic mass is 32.2. The van der Waals surface area contributed by atoms with Crippen LogP contribution in [-0.2, 0) is 9.59 Å². The van der Waals surface area contributed by atoms with Gasteiger partial charge in [0.15, 0.2) is 0 Å². The van der Waals surface area contributed by atoms with Gasteiger partial charge in [-0.3, -0.25) is 9.59 Å². The summed E-state index contributed by atoms with van der Waals surface area (Å²) in [5.41, 5.74) is -0.538. The van der Waals surface area contributed by atoms with E-state index in [1.165, 1.54) is 23.9 Å². The molecule has 0 aliphatic heterocycles. The number of para-hydroxylation sites is 1. The van der Waals surface area contributed by atoms with Gasteiger partial charge in [-0.15, -0.1) is 0 Å². The molecule has 0 aliphatic rings. The van der Waals surface area contributed by atoms with Crippen molar-refractivity contribution in [3.05, 3.63) is 29.8 Å². The zero-order valence-corrected chi connectivity index (χ0v) is 12.7. The molecular formula is C14H17N3O3S. The van der Waals surface area contributed by atoms with Crippen molar-refractivity contribution in [1.29, 1.82) is 5.26 Å². The number of nitrogens with one attached hydrogen (secondary N) is 2. The quantitative estimate of drug-likeness (QED) is 0.696. The van der Waals surface area contributed by atoms with E-state index in [2.05, 4.69) is 10.6 Å². The predicted molar refractivity (Wildman–Crippen MR) is 81.8 cm³/mol. The van der Waals surface area contributed by atoms with Gasteiger partial charge in [-0.1, -0.05) is 12.1 Å². The Morgan fingerprint density at radius 2 is 2.05 bits per heavy atom. The number of carbonyl (C=O) groups is 2. The molecule has 1 rings (SSSR count). The third-order valence-electron chi connectivity index (χ3n) is 2.59. The molecule has 3 N–H and O–H groups in total. The molecule has 0 aromatic heterocycles. The number of hydrogen-bond acceptors (Lipinski definition) is 5. The minimum Gasteiger partial charge on any atom is -0.387 e. The second-order valence-corrected chi connectivity index (χ2v) is 5.59. The minimum absolute atomic E-state index is 0.0278. The molecule has 0 heterocycles. The lowest BCUT2D eigenvalue weighted by molar-refractivity contribution is -0.136. The van der Waals surface area contributed by atoms with Crippen molar-refractivity contribution < 1.29 is 14.7 Å². The molecule has 0 saturated heterocycles. The Morgan fingerprint density at radius 3 is 2.67 bits per heavy atom. The van der Waals surface area contributed by atoms with Crippen LogP contribution in [0.15, 0.2) is 24.3 Å². The average Bonchev–Trinajstić information content (AvgIpc) is 2.45. The van der Waals surface area contributed by atoms with E-state index in [0.29, 0.717) is 5.75 Å². The van der Waals surface area contributed by atoms with Gasteiger partial charge in [0.2, 0.25) is 0 Å². The van der Waals surface area contributed by atoms with Gasteiger partial charge in [-0.05, 0) is 25.3 Å². The average molecular weight is 307 g/mol. The van der Waals surface area contributed by atoms with E-state index in [1.54, 1.807) is 19.1 Å². The number of aliphatic hydroxyl groups is 1. The summed E-state index contributed by atoms with van der Waals surface area (Å²) in [5, 5.41) is 23.5. The fourth-order valence-electron chi connectivity index (χ4n) is 1.58. The third kappa shape index (κ3) is 5.45. The lowest BCUT2D eigenvalue weighted by Gasteiger charge is -2.22. The van der Waals surface area contributed by atoms with Crippen LogP contribution in [0, 0.1) is 11.3 Å². The highest BCUT2D eigenvalue weighted by Crippen LogP contribution is 2.13. The van der Waals surface area contributed by atoms with Crippen molar-refractivity contribution in [1.82, 2.24) is 5.32 Å². The molecule has 1 unspecified atom stereocenters. The van der Waals surface area contributed by atoms with Crippen LogP contribution in [0.25, 0.3) is 0 Å². The standard InChI is InChI=1S/C14H17N3O3S/c1-14(20,9-21-2)8-16-12(18)13(19)17-11-6-4-3-5-10(11)7-15/h3-6,20H,8-9H2,1-2H3,(H,16,18)(H,17,19). The summed E-state index contributed by atoms with van der Waals surface area (Å²) in [4.78, 5) is 23.4. The summed E-state index contributed by atoms with van der Waals surface area (Å²) >= 11 is 1.44. The molecule has 0 bridgehead atoms. The van der Waals surface area contributed by atoms with Crippen LogP contribution in [-0.4, -0.2) is 41.1 Å². The summed E-state index contributed by atoms with van der Waals surface area (Å²) in [6.07, 6.45) is 1.84. The molecule has 112 valence electrons. The van der Waals surface area contributed by atoms with Gasteiger partial charge in [0.1, 0.15) is 6.07 Å². The highest BCUT2D eigenvalue weighted by molar-refractivity contribution is 7.98. The van der Waals surface area contributed by atoms with Crippen LogP contribution in [0.5, 0.6) is 0 Å². The lowest BCUT2D eigenvalue weighted by atomic mass is 10.1. The van der Waals surface area contributed by atoms with Crippen molar-refractivity contribution >= 4 is 29.3 Å². The molecule has 2 amide bonds. The second kappa shape index (κ2) is 7.67. The fraction of sp³-hybridized carbons (Fsp3) is 0.357. The fourth-order valence-corrected chi connectivity index (χ4v) is 2.31. The Bertz CT molecular complexity index is 567. The Morgan fingerprint density at radius 1 is 1.38 bits per heavy atom. The minimum atomic E-state index is -1.08. The first kappa shape index (κ1) is 17.0. The number of carbonyl (C=O) groups excluding carboxylic acids is 2. The molecule has 21 heavy (non-hydrogen) atoms. The van der Waals surface area contributed by atoms with Crippen molar-refractivity contribution in [3.8, 4) is 6.07 Å². The summed E-state index contributed by atoms with van der Waals surface area (Å²) < 4.78 is 0. The molecule has 1 atom stereocenters. The number of benzene rings is 1. The third-order valence-corrected chi connectivity index (χ3v) is 3.50. The van der Waals surface area contributed by atoms with Crippen LogP contribution in [0.3, 0.4) is 0 Å². The normalized spacial score (nSPS) is 12.9. The molecule has 1 aromatic carbocycles. The van der Waals surface area contributed by atoms with Crippen molar-refractivity contribution in [3.63, 3.8) is 0 Å². The summed E-state index contributed by atoms with van der Waals surface area (Å²) in [6.45, 7) is 1.55. The van der Waals surface area contributed by atoms with Gasteiger partial charge in [0.25, 0.3) is 0 Å². The van der Waals surface area contributed by atoms with E-state index < -0.39 is 17.4 Å². The number of amides is 2. The molecule has 7 heteroatoms. The van der Waals surface area contributed by atoms with Crippen LogP contribution in [0.1, 0.15) is 12.5 Å². The molecule has 6 nitrogen and oxygen atoms in total.